The minimum absolute atomic E-state index is 0.118. The normalized spacial score (nSPS) is 17.9. The van der Waals surface area contributed by atoms with E-state index in [2.05, 4.69) is 57.2 Å². The highest BCUT2D eigenvalue weighted by Crippen LogP contribution is 2.35. The van der Waals surface area contributed by atoms with E-state index >= 15 is 0 Å². The van der Waals surface area contributed by atoms with Crippen molar-refractivity contribution in [1.82, 2.24) is 19.9 Å². The number of nitrogens with one attached hydrogen (secondary N) is 2. The summed E-state index contributed by atoms with van der Waals surface area (Å²) in [7, 11) is 0. The Morgan fingerprint density at radius 1 is 1.09 bits per heavy atom. The van der Waals surface area contributed by atoms with Gasteiger partial charge >= 0.3 is 0 Å². The highest BCUT2D eigenvalue weighted by Gasteiger charge is 2.24. The minimum Gasteiger partial charge on any atom is -0.351 e. The maximum Gasteiger partial charge on any atom is 0.243 e. The molecule has 2 aromatic heterocycles. The van der Waals surface area contributed by atoms with Gasteiger partial charge in [-0.2, -0.15) is 0 Å². The van der Waals surface area contributed by atoms with Crippen molar-refractivity contribution < 1.29 is 4.79 Å². The third-order valence-corrected chi connectivity index (χ3v) is 6.56. The molecule has 1 amide bonds. The van der Waals surface area contributed by atoms with E-state index < -0.39 is 0 Å². The lowest BCUT2D eigenvalue weighted by Crippen LogP contribution is -2.41. The molecule has 2 N–H and O–H groups in total. The monoisotopic (exact) mass is 471 g/mol. The van der Waals surface area contributed by atoms with E-state index in [1.54, 1.807) is 6.20 Å². The van der Waals surface area contributed by atoms with Crippen molar-refractivity contribution in [2.45, 2.75) is 37.8 Å². The standard InChI is InChI=1S/C27H26ClN5O/c1-2-25(34)30-18-9-8-10-19(15-18)31-27-29-16-23(28)26(32-27)22-17-33(20-11-4-3-5-12-20)24-14-7-6-13-21(22)24/h2-7,11-14,16-19H,1,8-10,15H2,(H,30,34)(H,29,31,32)/t18-,19+/m0/s1. The van der Waals surface area contributed by atoms with Crippen LogP contribution in [0.3, 0.4) is 0 Å². The van der Waals surface area contributed by atoms with Gasteiger partial charge in [0.1, 0.15) is 0 Å². The summed E-state index contributed by atoms with van der Waals surface area (Å²) < 4.78 is 2.16. The molecule has 5 rings (SSSR count). The first-order valence-electron chi connectivity index (χ1n) is 11.5. The molecule has 1 saturated carbocycles. The van der Waals surface area contributed by atoms with Crippen molar-refractivity contribution in [2.24, 2.45) is 0 Å². The lowest BCUT2D eigenvalue weighted by Gasteiger charge is -2.30. The van der Waals surface area contributed by atoms with Crippen LogP contribution in [0.1, 0.15) is 25.7 Å². The predicted molar refractivity (Wildman–Crippen MR) is 137 cm³/mol. The molecule has 0 aliphatic heterocycles. The van der Waals surface area contributed by atoms with Crippen molar-refractivity contribution in [3.05, 3.63) is 84.7 Å². The Labute approximate surface area is 203 Å². The zero-order valence-corrected chi connectivity index (χ0v) is 19.5. The second-order valence-corrected chi connectivity index (χ2v) is 8.98. The van der Waals surface area contributed by atoms with Gasteiger partial charge in [-0.3, -0.25) is 4.79 Å². The molecule has 0 spiro atoms. The van der Waals surface area contributed by atoms with Gasteiger partial charge in [0.2, 0.25) is 11.9 Å². The van der Waals surface area contributed by atoms with Crippen molar-refractivity contribution in [3.8, 4) is 16.9 Å². The highest BCUT2D eigenvalue weighted by atomic mass is 35.5. The lowest BCUT2D eigenvalue weighted by molar-refractivity contribution is -0.117. The number of anilines is 1. The molecule has 7 heteroatoms. The molecule has 2 aromatic carbocycles. The van der Waals surface area contributed by atoms with E-state index in [0.29, 0.717) is 16.7 Å². The number of amides is 1. The third-order valence-electron chi connectivity index (χ3n) is 6.28. The van der Waals surface area contributed by atoms with Gasteiger partial charge in [0.15, 0.2) is 0 Å². The maximum atomic E-state index is 11.7. The molecular weight excluding hydrogens is 446 g/mol. The number of rotatable bonds is 6. The van der Waals surface area contributed by atoms with Gasteiger partial charge in [0.25, 0.3) is 0 Å². The molecule has 0 unspecified atom stereocenters. The van der Waals surface area contributed by atoms with Crippen molar-refractivity contribution in [1.29, 1.82) is 0 Å². The molecular formula is C27H26ClN5O. The number of aromatic nitrogens is 3. The highest BCUT2D eigenvalue weighted by molar-refractivity contribution is 6.33. The largest absolute Gasteiger partial charge is 0.351 e. The summed E-state index contributed by atoms with van der Waals surface area (Å²) in [5, 5.41) is 8.04. The second kappa shape index (κ2) is 9.69. The van der Waals surface area contributed by atoms with E-state index in [4.69, 9.17) is 16.6 Å². The first-order valence-corrected chi connectivity index (χ1v) is 11.9. The van der Waals surface area contributed by atoms with Gasteiger partial charge in [0, 0.05) is 34.9 Å². The van der Waals surface area contributed by atoms with Crippen LogP contribution in [-0.2, 0) is 4.79 Å². The molecule has 0 radical (unpaired) electrons. The number of carbonyl (C=O) groups excluding carboxylic acids is 1. The van der Waals surface area contributed by atoms with Crippen LogP contribution < -0.4 is 10.6 Å². The fraction of sp³-hybridized carbons (Fsp3) is 0.222. The number of para-hydroxylation sites is 2. The lowest BCUT2D eigenvalue weighted by atomic mass is 9.91. The fourth-order valence-electron chi connectivity index (χ4n) is 4.69. The predicted octanol–water partition coefficient (Wildman–Crippen LogP) is 5.77. The van der Waals surface area contributed by atoms with Crippen molar-refractivity contribution >= 4 is 34.4 Å². The summed E-state index contributed by atoms with van der Waals surface area (Å²) in [6, 6.07) is 18.7. The van der Waals surface area contributed by atoms with Gasteiger partial charge in [-0.05, 0) is 50.0 Å². The molecule has 2 atom stereocenters. The van der Waals surface area contributed by atoms with Gasteiger partial charge in [-0.1, -0.05) is 54.6 Å². The third kappa shape index (κ3) is 4.54. The summed E-state index contributed by atoms with van der Waals surface area (Å²) in [6.45, 7) is 3.54. The van der Waals surface area contributed by atoms with Gasteiger partial charge in [0.05, 0.1) is 22.4 Å². The van der Waals surface area contributed by atoms with Crippen LogP contribution in [0.2, 0.25) is 5.02 Å². The first-order chi connectivity index (χ1) is 16.6. The topological polar surface area (TPSA) is 71.8 Å². The number of nitrogens with zero attached hydrogens (tertiary/aromatic N) is 3. The maximum absolute atomic E-state index is 11.7. The molecule has 2 heterocycles. The molecule has 0 bridgehead atoms. The second-order valence-electron chi connectivity index (χ2n) is 8.57. The Morgan fingerprint density at radius 2 is 1.85 bits per heavy atom. The van der Waals surface area contributed by atoms with Gasteiger partial charge < -0.3 is 15.2 Å². The minimum atomic E-state index is -0.134. The van der Waals surface area contributed by atoms with E-state index in [9.17, 15) is 4.79 Å². The zero-order chi connectivity index (χ0) is 23.5. The molecule has 172 valence electrons. The molecule has 0 saturated heterocycles. The van der Waals surface area contributed by atoms with Crippen LogP contribution in [0.25, 0.3) is 27.8 Å². The number of carbonyl (C=O) groups is 1. The van der Waals surface area contributed by atoms with E-state index in [1.165, 1.54) is 6.08 Å². The van der Waals surface area contributed by atoms with Crippen LogP contribution in [-0.4, -0.2) is 32.5 Å². The number of hydrogen-bond acceptors (Lipinski definition) is 4. The Bertz CT molecular complexity index is 1330. The number of hydrogen-bond donors (Lipinski definition) is 2. The van der Waals surface area contributed by atoms with Crippen LogP contribution >= 0.6 is 11.6 Å². The van der Waals surface area contributed by atoms with Crippen LogP contribution in [0.5, 0.6) is 0 Å². The van der Waals surface area contributed by atoms with Crippen molar-refractivity contribution in [3.63, 3.8) is 0 Å². The van der Waals surface area contributed by atoms with Crippen LogP contribution in [0.15, 0.2) is 79.6 Å². The average molecular weight is 472 g/mol. The number of fused-ring (bicyclic) bond motifs is 1. The zero-order valence-electron chi connectivity index (χ0n) is 18.7. The van der Waals surface area contributed by atoms with Gasteiger partial charge in [-0.25, -0.2) is 9.97 Å². The van der Waals surface area contributed by atoms with Crippen LogP contribution in [0, 0.1) is 0 Å². The summed E-state index contributed by atoms with van der Waals surface area (Å²) in [6.07, 6.45) is 8.84. The Morgan fingerprint density at radius 3 is 2.68 bits per heavy atom. The summed E-state index contributed by atoms with van der Waals surface area (Å²) in [5.74, 6) is 0.405. The molecule has 6 nitrogen and oxygen atoms in total. The molecule has 34 heavy (non-hydrogen) atoms. The van der Waals surface area contributed by atoms with E-state index in [1.807, 2.05) is 30.3 Å². The Balaban J connectivity index is 1.46. The molecule has 1 fully saturated rings. The summed E-state index contributed by atoms with van der Waals surface area (Å²) in [4.78, 5) is 21.0. The Kier molecular flexibility index (Phi) is 6.32. The average Bonchev–Trinajstić information content (AvgIpc) is 3.25. The first kappa shape index (κ1) is 22.2. The number of benzene rings is 2. The number of halogens is 1. The van der Waals surface area contributed by atoms with Crippen LogP contribution in [0.4, 0.5) is 5.95 Å². The molecule has 1 aliphatic rings. The fourth-order valence-corrected chi connectivity index (χ4v) is 4.88. The molecule has 4 aromatic rings. The smallest absolute Gasteiger partial charge is 0.243 e. The quantitative estimate of drug-likeness (QED) is 0.350. The SMILES string of the molecule is C=CC(=O)N[C@H]1CCC[C@@H](Nc2ncc(Cl)c(-c3cn(-c4ccccc4)c4ccccc34)n2)C1. The van der Waals surface area contributed by atoms with E-state index in [-0.39, 0.29) is 18.0 Å². The summed E-state index contributed by atoms with van der Waals surface area (Å²) >= 11 is 6.61. The van der Waals surface area contributed by atoms with E-state index in [0.717, 1.165) is 47.8 Å². The molecule has 1 aliphatic carbocycles. The van der Waals surface area contributed by atoms with Crippen molar-refractivity contribution in [2.75, 3.05) is 5.32 Å². The summed E-state index contributed by atoms with van der Waals surface area (Å²) in [5.41, 5.74) is 3.80. The Hall–Kier alpha value is -3.64. The van der Waals surface area contributed by atoms with Gasteiger partial charge in [-0.15, -0.1) is 0 Å².